The van der Waals surface area contributed by atoms with E-state index in [2.05, 4.69) is 11.3 Å². The molecule has 0 fully saturated rings. The minimum atomic E-state index is -1.57. The summed E-state index contributed by atoms with van der Waals surface area (Å²) in [6.07, 6.45) is -1.57. The smallest absolute Gasteiger partial charge is 0.375 e. The first-order chi connectivity index (χ1) is 7.63. The lowest BCUT2D eigenvalue weighted by atomic mass is 10.3. The maximum Gasteiger partial charge on any atom is 0.375 e. The van der Waals surface area contributed by atoms with Gasteiger partial charge in [-0.3, -0.25) is 0 Å². The molecule has 0 amide bonds. The molecule has 0 bridgehead atoms. The SMILES string of the molecule is C=C(Oc1ccccc1)C(=O)OC(O)CO. The second kappa shape index (κ2) is 5.89. The summed E-state index contributed by atoms with van der Waals surface area (Å²) in [5.41, 5.74) is 0. The number of carbonyl (C=O) groups excluding carboxylic acids is 1. The van der Waals surface area contributed by atoms with Crippen LogP contribution in [0.3, 0.4) is 0 Å². The van der Waals surface area contributed by atoms with Gasteiger partial charge < -0.3 is 19.7 Å². The van der Waals surface area contributed by atoms with Gasteiger partial charge in [0, 0.05) is 0 Å². The summed E-state index contributed by atoms with van der Waals surface area (Å²) in [7, 11) is 0. The highest BCUT2D eigenvalue weighted by Gasteiger charge is 2.15. The van der Waals surface area contributed by atoms with Crippen molar-refractivity contribution in [1.29, 1.82) is 0 Å². The fourth-order valence-corrected chi connectivity index (χ4v) is 0.899. The van der Waals surface area contributed by atoms with Crippen LogP contribution in [0, 0.1) is 0 Å². The van der Waals surface area contributed by atoms with Gasteiger partial charge in [0.05, 0.1) is 0 Å². The van der Waals surface area contributed by atoms with Gasteiger partial charge in [0.2, 0.25) is 12.0 Å². The molecule has 0 spiro atoms. The van der Waals surface area contributed by atoms with Crippen LogP contribution in [0.2, 0.25) is 0 Å². The van der Waals surface area contributed by atoms with Crippen molar-refractivity contribution in [3.63, 3.8) is 0 Å². The lowest BCUT2D eigenvalue weighted by molar-refractivity contribution is -0.171. The van der Waals surface area contributed by atoms with Crippen LogP contribution in [0.25, 0.3) is 0 Å². The Kier molecular flexibility index (Phi) is 4.50. The number of benzene rings is 1. The summed E-state index contributed by atoms with van der Waals surface area (Å²) < 4.78 is 9.44. The molecule has 86 valence electrons. The van der Waals surface area contributed by atoms with Crippen LogP contribution >= 0.6 is 0 Å². The second-order valence-electron chi connectivity index (χ2n) is 2.88. The number of rotatable bonds is 5. The zero-order valence-corrected chi connectivity index (χ0v) is 8.50. The van der Waals surface area contributed by atoms with Crippen molar-refractivity contribution in [3.8, 4) is 5.75 Å². The minimum Gasteiger partial charge on any atom is -0.450 e. The molecule has 0 saturated carbocycles. The molecule has 1 atom stereocenters. The molecule has 0 heterocycles. The van der Waals surface area contributed by atoms with Crippen LogP contribution in [0.15, 0.2) is 42.7 Å². The maximum atomic E-state index is 11.2. The third-order valence-corrected chi connectivity index (χ3v) is 1.61. The molecule has 0 aromatic heterocycles. The van der Waals surface area contributed by atoms with E-state index in [1.165, 1.54) is 0 Å². The van der Waals surface area contributed by atoms with E-state index >= 15 is 0 Å². The lowest BCUT2D eigenvalue weighted by Crippen LogP contribution is -2.23. The Labute approximate surface area is 92.5 Å². The number of aliphatic hydroxyl groups excluding tert-OH is 2. The van der Waals surface area contributed by atoms with E-state index < -0.39 is 18.9 Å². The van der Waals surface area contributed by atoms with Crippen molar-refractivity contribution in [2.24, 2.45) is 0 Å². The quantitative estimate of drug-likeness (QED) is 0.328. The summed E-state index contributed by atoms with van der Waals surface area (Å²) in [6, 6.07) is 8.54. The summed E-state index contributed by atoms with van der Waals surface area (Å²) in [4.78, 5) is 11.2. The van der Waals surface area contributed by atoms with E-state index in [9.17, 15) is 4.79 Å². The normalized spacial score (nSPS) is 11.6. The van der Waals surface area contributed by atoms with Gasteiger partial charge in [0.1, 0.15) is 12.4 Å². The topological polar surface area (TPSA) is 76.0 Å². The number of hydrogen-bond donors (Lipinski definition) is 2. The Morgan fingerprint density at radius 1 is 1.38 bits per heavy atom. The van der Waals surface area contributed by atoms with Gasteiger partial charge in [-0.2, -0.15) is 0 Å². The van der Waals surface area contributed by atoms with Crippen molar-refractivity contribution in [2.45, 2.75) is 6.29 Å². The summed E-state index contributed by atoms with van der Waals surface area (Å²) in [5, 5.41) is 17.3. The number of carbonyl (C=O) groups is 1. The molecule has 2 N–H and O–H groups in total. The van der Waals surface area contributed by atoms with Crippen molar-refractivity contribution >= 4 is 5.97 Å². The molecule has 16 heavy (non-hydrogen) atoms. The minimum absolute atomic E-state index is 0.265. The number of para-hydroxylation sites is 1. The molecule has 5 nitrogen and oxygen atoms in total. The fraction of sp³-hybridized carbons (Fsp3) is 0.182. The number of ether oxygens (including phenoxy) is 2. The molecule has 0 aliphatic heterocycles. The van der Waals surface area contributed by atoms with Crippen LogP contribution in [0.1, 0.15) is 0 Å². The van der Waals surface area contributed by atoms with Crippen LogP contribution in [-0.2, 0) is 9.53 Å². The highest BCUT2D eigenvalue weighted by atomic mass is 16.7. The van der Waals surface area contributed by atoms with Crippen LogP contribution < -0.4 is 4.74 Å². The van der Waals surface area contributed by atoms with Crippen LogP contribution in [0.5, 0.6) is 5.75 Å². The predicted molar refractivity (Wildman–Crippen MR) is 55.4 cm³/mol. The monoisotopic (exact) mass is 224 g/mol. The Bertz CT molecular complexity index is 360. The van der Waals surface area contributed by atoms with Crippen LogP contribution in [0.4, 0.5) is 0 Å². The molecule has 1 unspecified atom stereocenters. The standard InChI is InChI=1S/C11H12O5/c1-8(11(14)16-10(13)7-12)15-9-5-3-2-4-6-9/h2-6,10,12-13H,1,7H2. The van der Waals surface area contributed by atoms with Crippen LogP contribution in [-0.4, -0.2) is 29.1 Å². The van der Waals surface area contributed by atoms with E-state index in [1.807, 2.05) is 0 Å². The van der Waals surface area contributed by atoms with E-state index in [0.717, 1.165) is 0 Å². The van der Waals surface area contributed by atoms with Crippen molar-refractivity contribution in [3.05, 3.63) is 42.7 Å². The Hall–Kier alpha value is -1.85. The third kappa shape index (κ3) is 3.72. The molecule has 0 aliphatic rings. The first-order valence-electron chi connectivity index (χ1n) is 4.55. The molecule has 1 aromatic rings. The van der Waals surface area contributed by atoms with E-state index in [4.69, 9.17) is 14.9 Å². The molecular formula is C11H12O5. The average Bonchev–Trinajstić information content (AvgIpc) is 2.30. The molecular weight excluding hydrogens is 212 g/mol. The summed E-state index contributed by atoms with van der Waals surface area (Å²) >= 11 is 0. The largest absolute Gasteiger partial charge is 0.450 e. The Morgan fingerprint density at radius 2 is 2.00 bits per heavy atom. The second-order valence-corrected chi connectivity index (χ2v) is 2.88. The average molecular weight is 224 g/mol. The molecule has 5 heteroatoms. The number of esters is 1. The summed E-state index contributed by atoms with van der Waals surface area (Å²) in [5.74, 6) is -0.757. The van der Waals surface area contributed by atoms with Gasteiger partial charge in [0.15, 0.2) is 0 Å². The van der Waals surface area contributed by atoms with Gasteiger partial charge in [-0.05, 0) is 18.7 Å². The third-order valence-electron chi connectivity index (χ3n) is 1.61. The Morgan fingerprint density at radius 3 is 2.56 bits per heavy atom. The molecule has 1 rings (SSSR count). The molecule has 1 aromatic carbocycles. The molecule has 0 radical (unpaired) electrons. The Balaban J connectivity index is 2.50. The number of hydrogen-bond acceptors (Lipinski definition) is 5. The zero-order valence-electron chi connectivity index (χ0n) is 8.50. The molecule has 0 saturated heterocycles. The summed E-state index contributed by atoms with van der Waals surface area (Å²) in [6.45, 7) is 2.67. The highest BCUT2D eigenvalue weighted by Crippen LogP contribution is 2.12. The van der Waals surface area contributed by atoms with Crippen molar-refractivity contribution < 1.29 is 24.5 Å². The first kappa shape index (κ1) is 12.2. The van der Waals surface area contributed by atoms with Gasteiger partial charge >= 0.3 is 5.97 Å². The van der Waals surface area contributed by atoms with E-state index in [0.29, 0.717) is 5.75 Å². The first-order valence-corrected chi connectivity index (χ1v) is 4.55. The van der Waals surface area contributed by atoms with Gasteiger partial charge in [0.25, 0.3) is 0 Å². The molecule has 0 aliphatic carbocycles. The number of aliphatic hydroxyl groups is 2. The van der Waals surface area contributed by atoms with Gasteiger partial charge in [-0.15, -0.1) is 0 Å². The van der Waals surface area contributed by atoms with Gasteiger partial charge in [-0.1, -0.05) is 18.2 Å². The maximum absolute atomic E-state index is 11.2. The van der Waals surface area contributed by atoms with E-state index in [1.54, 1.807) is 30.3 Å². The fourth-order valence-electron chi connectivity index (χ4n) is 0.899. The predicted octanol–water partition coefficient (Wildman–Crippen LogP) is 0.433. The zero-order chi connectivity index (χ0) is 12.0. The van der Waals surface area contributed by atoms with E-state index in [-0.39, 0.29) is 5.76 Å². The highest BCUT2D eigenvalue weighted by molar-refractivity contribution is 5.86. The van der Waals surface area contributed by atoms with Crippen molar-refractivity contribution in [1.82, 2.24) is 0 Å². The van der Waals surface area contributed by atoms with Gasteiger partial charge in [-0.25, -0.2) is 4.79 Å². The van der Waals surface area contributed by atoms with Crippen molar-refractivity contribution in [2.75, 3.05) is 6.61 Å². The lowest BCUT2D eigenvalue weighted by Gasteiger charge is -2.11.